The molecule has 0 aliphatic carbocycles. The number of ether oxygens (including phenoxy) is 2. The van der Waals surface area contributed by atoms with E-state index in [1.54, 1.807) is 20.3 Å². The zero-order valence-electron chi connectivity index (χ0n) is 12.9. The molecule has 0 radical (unpaired) electrons. The van der Waals surface area contributed by atoms with E-state index >= 15 is 0 Å². The highest BCUT2D eigenvalue weighted by molar-refractivity contribution is 6.02. The molecule has 0 bridgehead atoms. The van der Waals surface area contributed by atoms with Crippen LogP contribution in [0.25, 0.3) is 6.08 Å². The number of carbonyl (C=O) groups is 1. The Morgan fingerprint density at radius 1 is 1.05 bits per heavy atom. The van der Waals surface area contributed by atoms with Gasteiger partial charge in [-0.15, -0.1) is 0 Å². The van der Waals surface area contributed by atoms with Crippen molar-refractivity contribution in [1.29, 1.82) is 0 Å². The number of aryl methyl sites for hydroxylation is 1. The van der Waals surface area contributed by atoms with Crippen LogP contribution in [0.2, 0.25) is 0 Å². The molecule has 4 heteroatoms. The lowest BCUT2D eigenvalue weighted by atomic mass is 10.1. The number of benzene rings is 2. The van der Waals surface area contributed by atoms with Crippen molar-refractivity contribution in [2.75, 3.05) is 19.5 Å². The Balaban J connectivity index is 2.16. The van der Waals surface area contributed by atoms with Crippen molar-refractivity contribution in [3.8, 4) is 11.5 Å². The van der Waals surface area contributed by atoms with Crippen LogP contribution >= 0.6 is 0 Å². The van der Waals surface area contributed by atoms with Gasteiger partial charge in [0, 0.05) is 11.8 Å². The van der Waals surface area contributed by atoms with Crippen molar-refractivity contribution in [2.45, 2.75) is 6.92 Å². The van der Waals surface area contributed by atoms with Crippen LogP contribution in [0.15, 0.2) is 48.5 Å². The second kappa shape index (κ2) is 7.31. The molecular formula is C18H19NO3. The van der Waals surface area contributed by atoms with Gasteiger partial charge in [-0.2, -0.15) is 0 Å². The van der Waals surface area contributed by atoms with Gasteiger partial charge in [-0.3, -0.25) is 4.79 Å². The van der Waals surface area contributed by atoms with Crippen LogP contribution in [0.3, 0.4) is 0 Å². The quantitative estimate of drug-likeness (QED) is 0.857. The predicted octanol–water partition coefficient (Wildman–Crippen LogP) is 3.66. The number of hydrogen-bond donors (Lipinski definition) is 1. The van der Waals surface area contributed by atoms with Gasteiger partial charge in [-0.1, -0.05) is 18.2 Å². The molecule has 114 valence electrons. The summed E-state index contributed by atoms with van der Waals surface area (Å²) in [5.41, 5.74) is 2.58. The van der Waals surface area contributed by atoms with E-state index in [0.29, 0.717) is 11.5 Å². The fourth-order valence-electron chi connectivity index (χ4n) is 2.11. The minimum Gasteiger partial charge on any atom is -0.496 e. The molecule has 0 saturated heterocycles. The molecule has 0 saturated carbocycles. The lowest BCUT2D eigenvalue weighted by Crippen LogP contribution is -2.07. The number of anilines is 1. The SMILES string of the molecule is COc1cccc(OC)c1/C=C/C(=O)Nc1cccc(C)c1. The third kappa shape index (κ3) is 3.88. The Morgan fingerprint density at radius 3 is 2.27 bits per heavy atom. The zero-order chi connectivity index (χ0) is 15.9. The van der Waals surface area contributed by atoms with Gasteiger partial charge in [0.25, 0.3) is 0 Å². The molecule has 0 fully saturated rings. The first-order valence-electron chi connectivity index (χ1n) is 6.90. The highest BCUT2D eigenvalue weighted by atomic mass is 16.5. The van der Waals surface area contributed by atoms with Crippen molar-refractivity contribution >= 4 is 17.7 Å². The van der Waals surface area contributed by atoms with E-state index in [-0.39, 0.29) is 5.91 Å². The van der Waals surface area contributed by atoms with Crippen molar-refractivity contribution < 1.29 is 14.3 Å². The number of rotatable bonds is 5. The summed E-state index contributed by atoms with van der Waals surface area (Å²) < 4.78 is 10.6. The molecule has 22 heavy (non-hydrogen) atoms. The summed E-state index contributed by atoms with van der Waals surface area (Å²) in [7, 11) is 3.16. The Morgan fingerprint density at radius 2 is 1.68 bits per heavy atom. The molecular weight excluding hydrogens is 278 g/mol. The summed E-state index contributed by atoms with van der Waals surface area (Å²) in [6.45, 7) is 1.98. The first kappa shape index (κ1) is 15.6. The van der Waals surface area contributed by atoms with Crippen molar-refractivity contribution in [1.82, 2.24) is 0 Å². The summed E-state index contributed by atoms with van der Waals surface area (Å²) in [6.07, 6.45) is 3.14. The lowest BCUT2D eigenvalue weighted by Gasteiger charge is -2.09. The largest absolute Gasteiger partial charge is 0.496 e. The van der Waals surface area contributed by atoms with Gasteiger partial charge in [-0.05, 0) is 42.8 Å². The molecule has 0 aliphatic rings. The number of carbonyl (C=O) groups excluding carboxylic acids is 1. The second-order valence-corrected chi connectivity index (χ2v) is 4.77. The van der Waals surface area contributed by atoms with Crippen LogP contribution in [0.1, 0.15) is 11.1 Å². The van der Waals surface area contributed by atoms with Crippen LogP contribution in [0, 0.1) is 6.92 Å². The molecule has 0 atom stereocenters. The summed E-state index contributed by atoms with van der Waals surface area (Å²) in [5, 5.41) is 2.82. The molecule has 0 heterocycles. The van der Waals surface area contributed by atoms with Crippen molar-refractivity contribution in [2.24, 2.45) is 0 Å². The van der Waals surface area contributed by atoms with Gasteiger partial charge in [0.2, 0.25) is 5.91 Å². The van der Waals surface area contributed by atoms with Crippen LogP contribution in [-0.2, 0) is 4.79 Å². The number of methoxy groups -OCH3 is 2. The summed E-state index contributed by atoms with van der Waals surface area (Å²) >= 11 is 0. The number of nitrogens with one attached hydrogen (secondary N) is 1. The Hall–Kier alpha value is -2.75. The van der Waals surface area contributed by atoms with Crippen LogP contribution in [-0.4, -0.2) is 20.1 Å². The molecule has 4 nitrogen and oxygen atoms in total. The van der Waals surface area contributed by atoms with Gasteiger partial charge >= 0.3 is 0 Å². The Labute approximate surface area is 130 Å². The van der Waals surface area contributed by atoms with E-state index in [2.05, 4.69) is 5.32 Å². The number of hydrogen-bond acceptors (Lipinski definition) is 3. The summed E-state index contributed by atoms with van der Waals surface area (Å²) in [5.74, 6) is 1.09. The summed E-state index contributed by atoms with van der Waals surface area (Å²) in [6, 6.07) is 13.1. The molecule has 2 rings (SSSR count). The highest BCUT2D eigenvalue weighted by Crippen LogP contribution is 2.29. The van der Waals surface area contributed by atoms with E-state index in [9.17, 15) is 4.79 Å². The van der Waals surface area contributed by atoms with Gasteiger partial charge in [0.05, 0.1) is 19.8 Å². The molecule has 0 unspecified atom stereocenters. The maximum Gasteiger partial charge on any atom is 0.248 e. The van der Waals surface area contributed by atoms with Gasteiger partial charge in [0.15, 0.2) is 0 Å². The molecule has 2 aromatic carbocycles. The average Bonchev–Trinajstić information content (AvgIpc) is 2.52. The molecule has 0 aromatic heterocycles. The maximum atomic E-state index is 12.0. The smallest absolute Gasteiger partial charge is 0.248 e. The molecule has 0 spiro atoms. The molecule has 1 amide bonds. The van der Waals surface area contributed by atoms with Crippen molar-refractivity contribution in [3.63, 3.8) is 0 Å². The molecule has 0 aliphatic heterocycles. The van der Waals surface area contributed by atoms with E-state index < -0.39 is 0 Å². The van der Waals surface area contributed by atoms with Crippen LogP contribution in [0.5, 0.6) is 11.5 Å². The monoisotopic (exact) mass is 297 g/mol. The summed E-state index contributed by atoms with van der Waals surface area (Å²) in [4.78, 5) is 12.0. The normalized spacial score (nSPS) is 10.5. The van der Waals surface area contributed by atoms with Gasteiger partial charge in [-0.25, -0.2) is 0 Å². The first-order valence-corrected chi connectivity index (χ1v) is 6.90. The Kier molecular flexibility index (Phi) is 5.20. The number of amides is 1. The third-order valence-electron chi connectivity index (χ3n) is 3.15. The van der Waals surface area contributed by atoms with Crippen LogP contribution in [0.4, 0.5) is 5.69 Å². The van der Waals surface area contributed by atoms with E-state index in [1.165, 1.54) is 6.08 Å². The second-order valence-electron chi connectivity index (χ2n) is 4.77. The zero-order valence-corrected chi connectivity index (χ0v) is 12.9. The van der Waals surface area contributed by atoms with Gasteiger partial charge < -0.3 is 14.8 Å². The van der Waals surface area contributed by atoms with E-state index in [4.69, 9.17) is 9.47 Å². The van der Waals surface area contributed by atoms with E-state index in [1.807, 2.05) is 49.4 Å². The standard InChI is InChI=1S/C18H19NO3/c1-13-6-4-7-14(12-13)19-18(20)11-10-15-16(21-2)8-5-9-17(15)22-3/h4-12H,1-3H3,(H,19,20)/b11-10+. The maximum absolute atomic E-state index is 12.0. The first-order chi connectivity index (χ1) is 10.6. The average molecular weight is 297 g/mol. The van der Waals surface area contributed by atoms with Crippen molar-refractivity contribution in [3.05, 3.63) is 59.7 Å². The highest BCUT2D eigenvalue weighted by Gasteiger charge is 2.07. The van der Waals surface area contributed by atoms with Crippen LogP contribution < -0.4 is 14.8 Å². The van der Waals surface area contributed by atoms with Gasteiger partial charge in [0.1, 0.15) is 11.5 Å². The fraction of sp³-hybridized carbons (Fsp3) is 0.167. The third-order valence-corrected chi connectivity index (χ3v) is 3.15. The Bertz CT molecular complexity index is 670. The minimum absolute atomic E-state index is 0.210. The minimum atomic E-state index is -0.210. The lowest BCUT2D eigenvalue weighted by molar-refractivity contribution is -0.111. The predicted molar refractivity (Wildman–Crippen MR) is 88.4 cm³/mol. The molecule has 1 N–H and O–H groups in total. The molecule has 2 aromatic rings. The topological polar surface area (TPSA) is 47.6 Å². The fourth-order valence-corrected chi connectivity index (χ4v) is 2.11. The van der Waals surface area contributed by atoms with E-state index in [0.717, 1.165) is 16.8 Å².